The molecular formula is C39H34FN5O3. The van der Waals surface area contributed by atoms with Gasteiger partial charge in [-0.1, -0.05) is 30.3 Å². The average molecular weight is 640 g/mol. The lowest BCUT2D eigenvalue weighted by Gasteiger charge is -2.28. The summed E-state index contributed by atoms with van der Waals surface area (Å²) in [6.45, 7) is 4.21. The third-order valence-electron chi connectivity index (χ3n) is 9.03. The number of nitrogens with zero attached hydrogens (tertiary/aromatic N) is 3. The van der Waals surface area contributed by atoms with Crippen LogP contribution in [-0.2, 0) is 17.7 Å². The summed E-state index contributed by atoms with van der Waals surface area (Å²) in [6.07, 6.45) is 6.28. The van der Waals surface area contributed by atoms with Gasteiger partial charge < -0.3 is 29.6 Å². The predicted octanol–water partition coefficient (Wildman–Crippen LogP) is 7.66. The van der Waals surface area contributed by atoms with Crippen LogP contribution in [0.5, 0.6) is 5.75 Å². The zero-order chi connectivity index (χ0) is 32.5. The molecule has 1 amide bonds. The van der Waals surface area contributed by atoms with Gasteiger partial charge in [-0.2, -0.15) is 0 Å². The maximum Gasteiger partial charge on any atom is 0.257 e. The maximum atomic E-state index is 14.5. The Hall–Kier alpha value is -5.67. The number of hydrogen-bond donors (Lipinski definition) is 2. The highest BCUT2D eigenvalue weighted by Gasteiger charge is 2.21. The van der Waals surface area contributed by atoms with Gasteiger partial charge in [0.05, 0.1) is 60.7 Å². The number of anilines is 4. The van der Waals surface area contributed by atoms with Crippen LogP contribution in [0.3, 0.4) is 0 Å². The lowest BCUT2D eigenvalue weighted by Crippen LogP contribution is -2.36. The number of nitrogens with one attached hydrogen (secondary N) is 2. The van der Waals surface area contributed by atoms with E-state index in [4.69, 9.17) is 9.47 Å². The summed E-state index contributed by atoms with van der Waals surface area (Å²) in [5.41, 5.74) is 8.46. The van der Waals surface area contributed by atoms with Crippen LogP contribution in [0.1, 0.15) is 21.5 Å². The first-order valence-electron chi connectivity index (χ1n) is 16.2. The van der Waals surface area contributed by atoms with Gasteiger partial charge in [0.2, 0.25) is 0 Å². The fourth-order valence-corrected chi connectivity index (χ4v) is 6.48. The van der Waals surface area contributed by atoms with Crippen molar-refractivity contribution in [2.45, 2.75) is 13.0 Å². The van der Waals surface area contributed by atoms with Gasteiger partial charge >= 0.3 is 0 Å². The minimum atomic E-state index is -0.242. The van der Waals surface area contributed by atoms with Gasteiger partial charge in [0.25, 0.3) is 5.91 Å². The smallest absolute Gasteiger partial charge is 0.257 e. The van der Waals surface area contributed by atoms with Crippen molar-refractivity contribution in [1.29, 1.82) is 0 Å². The summed E-state index contributed by atoms with van der Waals surface area (Å²) in [6, 6.07) is 28.8. The molecular weight excluding hydrogens is 605 g/mol. The molecule has 4 aromatic carbocycles. The van der Waals surface area contributed by atoms with Crippen LogP contribution >= 0.6 is 0 Å². The zero-order valence-electron chi connectivity index (χ0n) is 26.3. The van der Waals surface area contributed by atoms with E-state index >= 15 is 0 Å². The summed E-state index contributed by atoms with van der Waals surface area (Å²) in [4.78, 5) is 20.0. The first-order chi connectivity index (χ1) is 23.6. The lowest BCUT2D eigenvalue weighted by molar-refractivity contribution is 0.102. The summed E-state index contributed by atoms with van der Waals surface area (Å²) in [5.74, 6) is 0.408. The number of fused-ring (bicyclic) bond motifs is 3. The number of rotatable bonds is 8. The van der Waals surface area contributed by atoms with E-state index in [1.165, 1.54) is 11.8 Å². The molecule has 8 nitrogen and oxygen atoms in total. The molecule has 0 aliphatic carbocycles. The molecule has 4 heterocycles. The van der Waals surface area contributed by atoms with Gasteiger partial charge in [-0.3, -0.25) is 9.78 Å². The minimum absolute atomic E-state index is 0.178. The molecule has 0 radical (unpaired) electrons. The highest BCUT2D eigenvalue weighted by molar-refractivity contribution is 6.13. The van der Waals surface area contributed by atoms with Crippen LogP contribution in [0.4, 0.5) is 27.1 Å². The fraction of sp³-hybridized carbons (Fsp3) is 0.179. The number of pyridine rings is 1. The van der Waals surface area contributed by atoms with E-state index in [0.29, 0.717) is 36.4 Å². The maximum absolute atomic E-state index is 14.5. The number of amides is 1. The molecule has 0 atom stereocenters. The van der Waals surface area contributed by atoms with Crippen molar-refractivity contribution in [3.05, 3.63) is 132 Å². The predicted molar refractivity (Wildman–Crippen MR) is 187 cm³/mol. The minimum Gasteiger partial charge on any atom is -0.493 e. The van der Waals surface area contributed by atoms with Crippen molar-refractivity contribution < 1.29 is 18.7 Å². The van der Waals surface area contributed by atoms with Crippen molar-refractivity contribution in [2.24, 2.45) is 0 Å². The molecule has 1 saturated heterocycles. The van der Waals surface area contributed by atoms with E-state index in [9.17, 15) is 9.18 Å². The Morgan fingerprint density at radius 2 is 1.71 bits per heavy atom. The molecule has 6 aromatic rings. The third-order valence-corrected chi connectivity index (χ3v) is 9.03. The second-order valence-corrected chi connectivity index (χ2v) is 12.1. The van der Waals surface area contributed by atoms with E-state index < -0.39 is 0 Å². The summed E-state index contributed by atoms with van der Waals surface area (Å²) in [5, 5.41) is 7.58. The van der Waals surface area contributed by atoms with Crippen LogP contribution in [0, 0.1) is 5.82 Å². The standard InChI is InChI=1S/C39H34FN5O3/c40-34-4-2-1-3-28(34)24-45-25-33(31-13-15-41-23-38(31)45)27-6-11-32-36(22-27)42-35-12-5-26(21-37(35)43-39(32)46)14-18-48-30-9-7-29(8-10-30)44-16-19-47-20-17-44/h1-13,15,21-23,25,42H,14,16-20,24H2,(H,43,46). The number of halogens is 1. The van der Waals surface area contributed by atoms with Crippen LogP contribution < -0.4 is 20.3 Å². The summed E-state index contributed by atoms with van der Waals surface area (Å²) in [7, 11) is 0. The molecule has 9 heteroatoms. The SMILES string of the molecule is O=C1Nc2cc(CCOc3ccc(N4CCOCC4)cc3)ccc2Nc2cc(-c3cn(Cc4ccccc4F)c4cnccc34)ccc21. The topological polar surface area (TPSA) is 80.6 Å². The fourth-order valence-electron chi connectivity index (χ4n) is 6.48. The van der Waals surface area contributed by atoms with E-state index in [-0.39, 0.29) is 11.7 Å². The summed E-state index contributed by atoms with van der Waals surface area (Å²) >= 11 is 0. The van der Waals surface area contributed by atoms with E-state index in [1.807, 2.05) is 65.4 Å². The van der Waals surface area contributed by atoms with Crippen molar-refractivity contribution in [3.63, 3.8) is 0 Å². The van der Waals surface area contributed by atoms with Gasteiger partial charge in [0.15, 0.2) is 0 Å². The van der Waals surface area contributed by atoms with Crippen LogP contribution in [0.2, 0.25) is 0 Å². The lowest BCUT2D eigenvalue weighted by atomic mass is 10.0. The van der Waals surface area contributed by atoms with Crippen LogP contribution in [0.25, 0.3) is 22.0 Å². The van der Waals surface area contributed by atoms with Crippen molar-refractivity contribution in [2.75, 3.05) is 48.4 Å². The zero-order valence-corrected chi connectivity index (χ0v) is 26.3. The Labute approximate surface area is 277 Å². The van der Waals surface area contributed by atoms with Crippen molar-refractivity contribution in [3.8, 4) is 16.9 Å². The van der Waals surface area contributed by atoms with Crippen molar-refractivity contribution >= 4 is 39.6 Å². The van der Waals surface area contributed by atoms with Gasteiger partial charge in [-0.05, 0) is 71.8 Å². The molecule has 0 saturated carbocycles. The Morgan fingerprint density at radius 1 is 0.854 bits per heavy atom. The molecule has 2 aliphatic heterocycles. The van der Waals surface area contributed by atoms with Crippen LogP contribution in [-0.4, -0.2) is 48.4 Å². The molecule has 240 valence electrons. The van der Waals surface area contributed by atoms with Gasteiger partial charge in [0.1, 0.15) is 11.6 Å². The van der Waals surface area contributed by atoms with E-state index in [0.717, 1.165) is 71.0 Å². The molecule has 48 heavy (non-hydrogen) atoms. The van der Waals surface area contributed by atoms with Gasteiger partial charge in [-0.25, -0.2) is 4.39 Å². The number of morpholine rings is 1. The number of aromatic nitrogens is 2. The Bertz CT molecular complexity index is 2120. The van der Waals surface area contributed by atoms with E-state index in [1.54, 1.807) is 24.5 Å². The van der Waals surface area contributed by atoms with Gasteiger partial charge in [-0.15, -0.1) is 0 Å². The van der Waals surface area contributed by atoms with E-state index in [2.05, 4.69) is 38.7 Å². The molecule has 0 bridgehead atoms. The normalized spacial score (nSPS) is 14.1. The molecule has 2 aliphatic rings. The highest BCUT2D eigenvalue weighted by atomic mass is 19.1. The summed E-state index contributed by atoms with van der Waals surface area (Å²) < 4.78 is 28.0. The number of carbonyl (C=O) groups is 1. The molecule has 1 fully saturated rings. The first kappa shape index (κ1) is 29.7. The quantitative estimate of drug-likeness (QED) is 0.178. The second-order valence-electron chi connectivity index (χ2n) is 12.1. The molecule has 2 N–H and O–H groups in total. The molecule has 0 spiro atoms. The largest absolute Gasteiger partial charge is 0.493 e. The molecule has 2 aromatic heterocycles. The number of benzene rings is 4. The number of carbonyl (C=O) groups excluding carboxylic acids is 1. The van der Waals surface area contributed by atoms with Crippen molar-refractivity contribution in [1.82, 2.24) is 9.55 Å². The monoisotopic (exact) mass is 639 g/mol. The molecule has 0 unspecified atom stereocenters. The second kappa shape index (κ2) is 12.8. The Kier molecular flexibility index (Phi) is 7.95. The number of ether oxygens (including phenoxy) is 2. The van der Waals surface area contributed by atoms with Gasteiger partial charge in [0, 0.05) is 54.1 Å². The Morgan fingerprint density at radius 3 is 2.56 bits per heavy atom. The third kappa shape index (κ3) is 5.96. The number of hydrogen-bond acceptors (Lipinski definition) is 6. The molecule has 8 rings (SSSR count). The van der Waals surface area contributed by atoms with Crippen LogP contribution in [0.15, 0.2) is 110 Å². The average Bonchev–Trinajstić information content (AvgIpc) is 3.42. The first-order valence-corrected chi connectivity index (χ1v) is 16.2. The highest BCUT2D eigenvalue weighted by Crippen LogP contribution is 2.38. The Balaban J connectivity index is 0.990.